The molecule has 21 heavy (non-hydrogen) atoms. The van der Waals surface area contributed by atoms with Crippen LogP contribution in [0.25, 0.3) is 0 Å². The Morgan fingerprint density at radius 1 is 1.24 bits per heavy atom. The molecule has 0 aromatic heterocycles. The molecule has 1 fully saturated rings. The predicted octanol–water partition coefficient (Wildman–Crippen LogP) is 2.80. The highest BCUT2D eigenvalue weighted by Crippen LogP contribution is 2.29. The third-order valence-corrected chi connectivity index (χ3v) is 4.06. The van der Waals surface area contributed by atoms with E-state index in [-0.39, 0.29) is 11.1 Å². The summed E-state index contributed by atoms with van der Waals surface area (Å²) in [6, 6.07) is 5.78. The minimum absolute atomic E-state index is 0.121. The van der Waals surface area contributed by atoms with Crippen molar-refractivity contribution in [2.45, 2.75) is 64.2 Å². The molecule has 4 heteroatoms. The summed E-state index contributed by atoms with van der Waals surface area (Å²) >= 11 is 0. The van der Waals surface area contributed by atoms with Crippen LogP contribution in [0.1, 0.15) is 46.1 Å². The Morgan fingerprint density at radius 3 is 2.43 bits per heavy atom. The number of hydrogen-bond acceptors (Lipinski definition) is 4. The fraction of sp³-hybridized carbons (Fsp3) is 0.647. The van der Waals surface area contributed by atoms with Gasteiger partial charge in [-0.1, -0.05) is 0 Å². The van der Waals surface area contributed by atoms with Crippen LogP contribution >= 0.6 is 0 Å². The van der Waals surface area contributed by atoms with Crippen molar-refractivity contribution < 1.29 is 9.84 Å². The van der Waals surface area contributed by atoms with Crippen LogP contribution in [0.5, 0.6) is 11.5 Å². The van der Waals surface area contributed by atoms with E-state index in [0.29, 0.717) is 18.3 Å². The van der Waals surface area contributed by atoms with Crippen LogP contribution in [0.3, 0.4) is 0 Å². The number of ether oxygens (including phenoxy) is 1. The highest BCUT2D eigenvalue weighted by atomic mass is 16.5. The van der Waals surface area contributed by atoms with Gasteiger partial charge in [0.05, 0.1) is 7.11 Å². The zero-order chi connectivity index (χ0) is 15.7. The number of phenols is 1. The minimum atomic E-state index is 0.121. The lowest BCUT2D eigenvalue weighted by atomic mass is 9.79. The average Bonchev–Trinajstić information content (AvgIpc) is 2.34. The van der Waals surface area contributed by atoms with Gasteiger partial charge >= 0.3 is 0 Å². The molecule has 0 amide bonds. The first-order valence-electron chi connectivity index (χ1n) is 7.59. The van der Waals surface area contributed by atoms with Crippen LogP contribution in [0.4, 0.5) is 0 Å². The lowest BCUT2D eigenvalue weighted by Crippen LogP contribution is -2.61. The van der Waals surface area contributed by atoms with Gasteiger partial charge < -0.3 is 20.5 Å². The number of aromatic hydroxyl groups is 1. The Labute approximate surface area is 127 Å². The monoisotopic (exact) mass is 292 g/mol. The van der Waals surface area contributed by atoms with E-state index in [0.717, 1.165) is 24.2 Å². The SMILES string of the molecule is COc1ccc(O)c(CNC2CC(C)(C)NC(C)(C)C2)c1. The van der Waals surface area contributed by atoms with Crippen molar-refractivity contribution in [3.8, 4) is 11.5 Å². The van der Waals surface area contributed by atoms with E-state index in [1.54, 1.807) is 19.2 Å². The molecule has 4 nitrogen and oxygen atoms in total. The van der Waals surface area contributed by atoms with Crippen molar-refractivity contribution in [2.24, 2.45) is 0 Å². The summed E-state index contributed by atoms with van der Waals surface area (Å²) in [6.07, 6.45) is 2.14. The number of nitrogens with one attached hydrogen (secondary N) is 2. The van der Waals surface area contributed by atoms with Gasteiger partial charge in [0.15, 0.2) is 0 Å². The quantitative estimate of drug-likeness (QED) is 0.799. The Kier molecular flexibility index (Phi) is 4.49. The summed E-state index contributed by atoms with van der Waals surface area (Å²) in [5, 5.41) is 17.2. The molecular formula is C17H28N2O2. The van der Waals surface area contributed by atoms with Gasteiger partial charge in [-0.2, -0.15) is 0 Å². The van der Waals surface area contributed by atoms with Crippen molar-refractivity contribution in [2.75, 3.05) is 7.11 Å². The van der Waals surface area contributed by atoms with E-state index in [4.69, 9.17) is 4.74 Å². The number of methoxy groups -OCH3 is 1. The maximum absolute atomic E-state index is 9.96. The van der Waals surface area contributed by atoms with Crippen molar-refractivity contribution in [1.82, 2.24) is 10.6 Å². The summed E-state index contributed by atoms with van der Waals surface area (Å²) in [6.45, 7) is 9.62. The standard InChI is InChI=1S/C17H28N2O2/c1-16(2)9-13(10-17(3,4)19-16)18-11-12-8-14(21-5)6-7-15(12)20/h6-8,13,18-20H,9-11H2,1-5H3. The Morgan fingerprint density at radius 2 is 1.86 bits per heavy atom. The molecule has 2 rings (SSSR count). The molecule has 0 aliphatic carbocycles. The molecular weight excluding hydrogens is 264 g/mol. The van der Waals surface area contributed by atoms with Crippen LogP contribution in [-0.2, 0) is 6.54 Å². The molecule has 0 spiro atoms. The maximum Gasteiger partial charge on any atom is 0.120 e. The molecule has 0 radical (unpaired) electrons. The first-order valence-corrected chi connectivity index (χ1v) is 7.59. The molecule has 118 valence electrons. The fourth-order valence-corrected chi connectivity index (χ4v) is 3.55. The van der Waals surface area contributed by atoms with Gasteiger partial charge in [0.1, 0.15) is 11.5 Å². The van der Waals surface area contributed by atoms with E-state index in [1.807, 2.05) is 6.07 Å². The highest BCUT2D eigenvalue weighted by Gasteiger charge is 2.37. The van der Waals surface area contributed by atoms with Crippen molar-refractivity contribution in [3.05, 3.63) is 23.8 Å². The van der Waals surface area contributed by atoms with Gasteiger partial charge in [0.25, 0.3) is 0 Å². The lowest BCUT2D eigenvalue weighted by molar-refractivity contribution is 0.145. The van der Waals surface area contributed by atoms with Crippen molar-refractivity contribution >= 4 is 0 Å². The summed E-state index contributed by atoms with van der Waals surface area (Å²) < 4.78 is 5.22. The Hall–Kier alpha value is -1.26. The molecule has 0 unspecified atom stereocenters. The smallest absolute Gasteiger partial charge is 0.120 e. The summed E-state index contributed by atoms with van der Waals surface area (Å²) in [7, 11) is 1.64. The van der Waals surface area contributed by atoms with Crippen LogP contribution in [0.2, 0.25) is 0 Å². The Balaban J connectivity index is 2.02. The fourth-order valence-electron chi connectivity index (χ4n) is 3.55. The molecule has 0 atom stereocenters. The van der Waals surface area contributed by atoms with E-state index in [9.17, 15) is 5.11 Å². The second-order valence-electron chi connectivity index (χ2n) is 7.37. The largest absolute Gasteiger partial charge is 0.508 e. The van der Waals surface area contributed by atoms with E-state index in [1.165, 1.54) is 0 Å². The number of phenolic OH excluding ortho intramolecular Hbond substituents is 1. The summed E-state index contributed by atoms with van der Waals surface area (Å²) in [5.74, 6) is 1.09. The van der Waals surface area contributed by atoms with E-state index < -0.39 is 0 Å². The second kappa shape index (κ2) is 5.85. The molecule has 1 saturated heterocycles. The summed E-state index contributed by atoms with van der Waals surface area (Å²) in [5.41, 5.74) is 1.12. The lowest BCUT2D eigenvalue weighted by Gasteiger charge is -2.46. The average molecular weight is 292 g/mol. The van der Waals surface area contributed by atoms with Gasteiger partial charge in [-0.15, -0.1) is 0 Å². The molecule has 1 aliphatic heterocycles. The van der Waals surface area contributed by atoms with Gasteiger partial charge in [-0.3, -0.25) is 0 Å². The summed E-state index contributed by atoms with van der Waals surface area (Å²) in [4.78, 5) is 0. The van der Waals surface area contributed by atoms with Crippen molar-refractivity contribution in [1.29, 1.82) is 0 Å². The topological polar surface area (TPSA) is 53.5 Å². The van der Waals surface area contributed by atoms with Gasteiger partial charge in [-0.05, 0) is 58.7 Å². The normalized spacial score (nSPS) is 21.2. The Bertz CT molecular complexity index is 482. The van der Waals surface area contributed by atoms with Gasteiger partial charge in [0, 0.05) is 29.2 Å². The number of benzene rings is 1. The molecule has 1 aromatic carbocycles. The van der Waals surface area contributed by atoms with E-state index in [2.05, 4.69) is 38.3 Å². The molecule has 0 bridgehead atoms. The first kappa shape index (κ1) is 16.1. The molecule has 1 aliphatic rings. The first-order chi connectivity index (χ1) is 9.71. The zero-order valence-corrected chi connectivity index (χ0v) is 13.8. The molecule has 1 aromatic rings. The van der Waals surface area contributed by atoms with Gasteiger partial charge in [-0.25, -0.2) is 0 Å². The maximum atomic E-state index is 9.96. The van der Waals surface area contributed by atoms with Gasteiger partial charge in [0.2, 0.25) is 0 Å². The molecule has 3 N–H and O–H groups in total. The third kappa shape index (κ3) is 4.35. The van der Waals surface area contributed by atoms with E-state index >= 15 is 0 Å². The van der Waals surface area contributed by atoms with Crippen LogP contribution in [-0.4, -0.2) is 29.3 Å². The minimum Gasteiger partial charge on any atom is -0.508 e. The number of piperidine rings is 1. The molecule has 0 saturated carbocycles. The van der Waals surface area contributed by atoms with Crippen LogP contribution < -0.4 is 15.4 Å². The highest BCUT2D eigenvalue weighted by molar-refractivity contribution is 5.39. The van der Waals surface area contributed by atoms with Crippen LogP contribution in [0.15, 0.2) is 18.2 Å². The number of hydrogen-bond donors (Lipinski definition) is 3. The zero-order valence-electron chi connectivity index (χ0n) is 13.8. The van der Waals surface area contributed by atoms with Crippen molar-refractivity contribution in [3.63, 3.8) is 0 Å². The van der Waals surface area contributed by atoms with Crippen LogP contribution in [0, 0.1) is 0 Å². The predicted molar refractivity (Wildman–Crippen MR) is 85.8 cm³/mol. The number of rotatable bonds is 4. The third-order valence-electron chi connectivity index (χ3n) is 4.06. The molecule has 1 heterocycles. The second-order valence-corrected chi connectivity index (χ2v) is 7.37.